The minimum atomic E-state index is -4.19. The van der Waals surface area contributed by atoms with Gasteiger partial charge in [-0.15, -0.1) is 0 Å². The maximum absolute atomic E-state index is 10.7. The van der Waals surface area contributed by atoms with Crippen LogP contribution in [-0.4, -0.2) is 20.1 Å². The van der Waals surface area contributed by atoms with Gasteiger partial charge in [-0.2, -0.15) is 8.42 Å². The van der Waals surface area contributed by atoms with Gasteiger partial charge in [0.25, 0.3) is 10.1 Å². The molecule has 0 spiro atoms. The summed E-state index contributed by atoms with van der Waals surface area (Å²) in [7, 11) is -4.19. The molecule has 0 bridgehead atoms. The lowest BCUT2D eigenvalue weighted by Crippen LogP contribution is -2.11. The zero-order valence-electron chi connectivity index (χ0n) is 7.84. The highest BCUT2D eigenvalue weighted by Crippen LogP contribution is 2.05. The Bertz CT molecular complexity index is 450. The molecule has 0 saturated carbocycles. The fourth-order valence-corrected chi connectivity index (χ4v) is 1.56. The Labute approximate surface area is 87.7 Å². The van der Waals surface area contributed by atoms with Crippen molar-refractivity contribution in [3.05, 3.63) is 35.4 Å². The molecule has 0 saturated heterocycles. The van der Waals surface area contributed by atoms with Crippen molar-refractivity contribution in [2.45, 2.75) is 6.42 Å². The minimum absolute atomic E-state index is 0.144. The van der Waals surface area contributed by atoms with Gasteiger partial charge >= 0.3 is 0 Å². The number of carbonyl (C=O) groups excluding carboxylic acids is 1. The fourth-order valence-electron chi connectivity index (χ4n) is 1.08. The predicted molar refractivity (Wildman–Crippen MR) is 53.1 cm³/mol. The van der Waals surface area contributed by atoms with Gasteiger partial charge in [0, 0.05) is 5.56 Å². The molecule has 5 nitrogen and oxygen atoms in total. The van der Waals surface area contributed by atoms with Crippen LogP contribution in [0.2, 0.25) is 0 Å². The quantitative estimate of drug-likeness (QED) is 0.790. The van der Waals surface area contributed by atoms with E-state index in [4.69, 9.17) is 5.73 Å². The van der Waals surface area contributed by atoms with E-state index in [1.54, 1.807) is 12.1 Å². The Kier molecular flexibility index (Phi) is 3.43. The predicted octanol–water partition coefficient (Wildman–Crippen LogP) is 0.0883. The summed E-state index contributed by atoms with van der Waals surface area (Å²) in [5, 5.41) is 0. The summed E-state index contributed by atoms with van der Waals surface area (Å²) < 4.78 is 31.1. The number of carbonyl (C=O) groups is 1. The first-order chi connectivity index (χ1) is 6.88. The van der Waals surface area contributed by atoms with Crippen LogP contribution in [0, 0.1) is 0 Å². The highest BCUT2D eigenvalue weighted by atomic mass is 32.2. The molecule has 0 aliphatic heterocycles. The second-order valence-electron chi connectivity index (χ2n) is 3.07. The molecule has 2 N–H and O–H groups in total. The van der Waals surface area contributed by atoms with Crippen LogP contribution in [0.3, 0.4) is 0 Å². The monoisotopic (exact) mass is 228 g/mol. The second-order valence-corrected chi connectivity index (χ2v) is 4.60. The lowest BCUT2D eigenvalue weighted by Gasteiger charge is -1.99. The third kappa shape index (κ3) is 4.09. The van der Waals surface area contributed by atoms with E-state index in [9.17, 15) is 17.8 Å². The summed E-state index contributed by atoms with van der Waals surface area (Å²) >= 11 is 0. The van der Waals surface area contributed by atoms with Gasteiger partial charge in [0.15, 0.2) is 0 Å². The van der Waals surface area contributed by atoms with Crippen LogP contribution < -0.4 is 5.73 Å². The van der Waals surface area contributed by atoms with Crippen molar-refractivity contribution in [2.24, 2.45) is 5.73 Å². The number of benzene rings is 1. The van der Waals surface area contributed by atoms with Gasteiger partial charge in [0.1, 0.15) is 0 Å². The molecular weight excluding hydrogens is 218 g/mol. The smallest absolute Gasteiger partial charge is 0.294 e. The van der Waals surface area contributed by atoms with Crippen LogP contribution >= 0.6 is 0 Å². The molecule has 0 aromatic heterocycles. The highest BCUT2D eigenvalue weighted by molar-refractivity contribution is 7.85. The van der Waals surface area contributed by atoms with Crippen LogP contribution in [0.5, 0.6) is 0 Å². The van der Waals surface area contributed by atoms with E-state index < -0.39 is 21.8 Å². The zero-order chi connectivity index (χ0) is 11.5. The van der Waals surface area contributed by atoms with E-state index in [2.05, 4.69) is 0 Å². The Morgan fingerprint density at radius 3 is 2.13 bits per heavy atom. The van der Waals surface area contributed by atoms with E-state index in [-0.39, 0.29) is 6.42 Å². The van der Waals surface area contributed by atoms with E-state index >= 15 is 0 Å². The standard InChI is InChI=1S/C9H10NO4S/c10-9(11)8-3-1-7(2-4-8)5-6-15(12,13)14/h1-4H,5-6H2,(H2,10,11). The Morgan fingerprint density at radius 2 is 1.73 bits per heavy atom. The zero-order valence-corrected chi connectivity index (χ0v) is 8.66. The summed E-state index contributed by atoms with van der Waals surface area (Å²) in [6.45, 7) is 0. The molecule has 0 atom stereocenters. The van der Waals surface area contributed by atoms with E-state index in [0.29, 0.717) is 11.1 Å². The van der Waals surface area contributed by atoms with Crippen molar-refractivity contribution in [3.63, 3.8) is 0 Å². The summed E-state index contributed by atoms with van der Waals surface area (Å²) in [4.78, 5) is 10.7. The highest BCUT2D eigenvalue weighted by Gasteiger charge is 2.07. The van der Waals surface area contributed by atoms with Crippen molar-refractivity contribution in [1.82, 2.24) is 0 Å². The van der Waals surface area contributed by atoms with E-state index in [1.165, 1.54) is 12.1 Å². The normalized spacial score (nSPS) is 11.3. The maximum atomic E-state index is 10.7. The van der Waals surface area contributed by atoms with Crippen LogP contribution in [0.25, 0.3) is 0 Å². The molecule has 1 rings (SSSR count). The molecule has 0 unspecified atom stereocenters. The topological polar surface area (TPSA) is 97.1 Å². The van der Waals surface area contributed by atoms with E-state index in [1.807, 2.05) is 0 Å². The molecule has 0 heterocycles. The maximum Gasteiger partial charge on any atom is 0.294 e. The fraction of sp³-hybridized carbons (Fsp3) is 0.222. The number of nitrogens with two attached hydrogens (primary N) is 1. The van der Waals surface area contributed by atoms with E-state index in [0.717, 1.165) is 0 Å². The number of hydrogen-bond donors (Lipinski definition) is 1. The van der Waals surface area contributed by atoms with Crippen molar-refractivity contribution in [1.29, 1.82) is 0 Å². The molecule has 1 aromatic carbocycles. The van der Waals surface area contributed by atoms with Gasteiger partial charge in [0.05, 0.1) is 5.75 Å². The molecule has 1 radical (unpaired) electrons. The molecule has 15 heavy (non-hydrogen) atoms. The molecule has 6 heteroatoms. The molecule has 0 fully saturated rings. The van der Waals surface area contributed by atoms with Crippen molar-refractivity contribution in [2.75, 3.05) is 5.75 Å². The lowest BCUT2D eigenvalue weighted by molar-refractivity contribution is 0.1000. The molecule has 1 aromatic rings. The van der Waals surface area contributed by atoms with Crippen molar-refractivity contribution >= 4 is 16.0 Å². The number of hydrogen-bond acceptors (Lipinski definition) is 3. The molecular formula is C9H10NO4S. The third-order valence-corrected chi connectivity index (χ3v) is 2.58. The summed E-state index contributed by atoms with van der Waals surface area (Å²) in [5.74, 6) is -0.985. The van der Waals surface area contributed by atoms with Crippen molar-refractivity contribution in [3.8, 4) is 0 Å². The van der Waals surface area contributed by atoms with Gasteiger partial charge in [-0.3, -0.25) is 4.79 Å². The minimum Gasteiger partial charge on any atom is -0.366 e. The second kappa shape index (κ2) is 4.41. The molecule has 0 aliphatic carbocycles. The first-order valence-electron chi connectivity index (χ1n) is 4.21. The van der Waals surface area contributed by atoms with Crippen LogP contribution in [-0.2, 0) is 21.1 Å². The van der Waals surface area contributed by atoms with Gasteiger partial charge in [-0.25, -0.2) is 0 Å². The summed E-state index contributed by atoms with van der Waals surface area (Å²) in [6.07, 6.45) is 0.144. The number of primary amides is 1. The van der Waals surface area contributed by atoms with Crippen LogP contribution in [0.15, 0.2) is 24.3 Å². The summed E-state index contributed by atoms with van der Waals surface area (Å²) in [6, 6.07) is 6.14. The summed E-state index contributed by atoms with van der Waals surface area (Å²) in [5.41, 5.74) is 6.05. The average Bonchev–Trinajstić information content (AvgIpc) is 2.14. The van der Waals surface area contributed by atoms with Crippen LogP contribution in [0.4, 0.5) is 0 Å². The first-order valence-corrected chi connectivity index (χ1v) is 5.78. The van der Waals surface area contributed by atoms with Gasteiger partial charge in [-0.05, 0) is 24.1 Å². The number of aryl methyl sites for hydroxylation is 1. The Morgan fingerprint density at radius 1 is 1.20 bits per heavy atom. The first kappa shape index (κ1) is 11.7. The van der Waals surface area contributed by atoms with Gasteiger partial charge < -0.3 is 5.73 Å². The lowest BCUT2D eigenvalue weighted by atomic mass is 10.1. The van der Waals surface area contributed by atoms with Gasteiger partial charge in [-0.1, -0.05) is 16.7 Å². The number of amides is 1. The Balaban J connectivity index is 2.69. The van der Waals surface area contributed by atoms with Gasteiger partial charge in [0.2, 0.25) is 5.91 Å². The average molecular weight is 228 g/mol. The Hall–Kier alpha value is -1.40. The van der Waals surface area contributed by atoms with Crippen molar-refractivity contribution < 1.29 is 17.8 Å². The molecule has 81 valence electrons. The third-order valence-electron chi connectivity index (χ3n) is 1.88. The number of rotatable bonds is 4. The molecule has 1 amide bonds. The molecule has 0 aliphatic rings. The van der Waals surface area contributed by atoms with Crippen LogP contribution in [0.1, 0.15) is 15.9 Å². The SMILES string of the molecule is NC(=O)c1ccc(CCS([O])(=O)=O)cc1. The largest absolute Gasteiger partial charge is 0.366 e.